The number of halogens is 5. The number of carbonyl (C=O) groups excluding carboxylic acids is 3. The van der Waals surface area contributed by atoms with E-state index >= 15 is 0 Å². The van der Waals surface area contributed by atoms with Gasteiger partial charge in [-0.3, -0.25) is 19.3 Å². The number of aromatic nitrogens is 2. The van der Waals surface area contributed by atoms with E-state index in [-0.39, 0.29) is 28.5 Å². The highest BCUT2D eigenvalue weighted by atomic mass is 35.5. The molecule has 3 aromatic rings. The molecule has 3 amide bonds. The molecule has 2 atom stereocenters. The first-order valence-electron chi connectivity index (χ1n) is 12.9. The van der Waals surface area contributed by atoms with Gasteiger partial charge in [-0.05, 0) is 29.8 Å². The van der Waals surface area contributed by atoms with Gasteiger partial charge in [-0.2, -0.15) is 5.26 Å². The number of amides is 3. The first kappa shape index (κ1) is 29.9. The average Bonchev–Trinajstić information content (AvgIpc) is 2.92. The Kier molecular flexibility index (Phi) is 8.04. The summed E-state index contributed by atoms with van der Waals surface area (Å²) >= 11 is 6.53. The quantitative estimate of drug-likeness (QED) is 0.347. The second-order valence-corrected chi connectivity index (χ2v) is 10.6. The van der Waals surface area contributed by atoms with Gasteiger partial charge in [-0.1, -0.05) is 29.8 Å². The van der Waals surface area contributed by atoms with Crippen LogP contribution in [0.25, 0.3) is 0 Å². The van der Waals surface area contributed by atoms with Crippen molar-refractivity contribution in [1.82, 2.24) is 20.6 Å². The Balaban J connectivity index is 1.73. The number of nitrogens with zero attached hydrogens (tertiary/aromatic N) is 4. The van der Waals surface area contributed by atoms with Crippen LogP contribution in [0.1, 0.15) is 30.0 Å². The lowest BCUT2D eigenvalue weighted by atomic mass is 9.74. The van der Waals surface area contributed by atoms with Gasteiger partial charge in [0.1, 0.15) is 23.4 Å². The number of anilines is 2. The fraction of sp³-hybridized carbons (Fsp3) is 0.286. The molecule has 1 aliphatic carbocycles. The molecule has 1 unspecified atom stereocenters. The molecule has 222 valence electrons. The van der Waals surface area contributed by atoms with E-state index in [2.05, 4.69) is 25.9 Å². The van der Waals surface area contributed by atoms with Crippen molar-refractivity contribution < 1.29 is 31.9 Å². The molecular formula is C28H22ClF4N7O3. The summed E-state index contributed by atoms with van der Waals surface area (Å²) in [4.78, 5) is 51.2. The van der Waals surface area contributed by atoms with E-state index < -0.39 is 78.1 Å². The fourth-order valence-corrected chi connectivity index (χ4v) is 5.58. The summed E-state index contributed by atoms with van der Waals surface area (Å²) < 4.78 is 55.6. The van der Waals surface area contributed by atoms with Crippen molar-refractivity contribution in [2.24, 2.45) is 0 Å². The van der Waals surface area contributed by atoms with Gasteiger partial charge in [-0.15, -0.1) is 0 Å². The Morgan fingerprint density at radius 1 is 1.14 bits per heavy atom. The minimum atomic E-state index is -2.99. The molecule has 10 nitrogen and oxygen atoms in total. The molecule has 2 heterocycles. The minimum Gasteiger partial charge on any atom is -0.352 e. The number of benzene rings is 2. The maximum absolute atomic E-state index is 14.4. The zero-order valence-electron chi connectivity index (χ0n) is 22.1. The van der Waals surface area contributed by atoms with E-state index in [0.717, 1.165) is 17.0 Å². The molecule has 1 saturated heterocycles. The summed E-state index contributed by atoms with van der Waals surface area (Å²) in [6.45, 7) is -0.803. The standard InChI is InChI=1S/C28H22ClF4N7O3/c29-21-4-2-1-3-20(21)23(24(42)37-19-10-27(32,33)11-19)28(25(43)38-18-8-15(30)7-16(31)9-18)14-35-13-22(41)40(28)26-36-6-5-17(12-34)39-26/h1-9,19,23,35H,10-11,13-14H2,(H,37,42)(H,38,43)/t23-,28?/m1/s1. The smallest absolute Gasteiger partial charge is 0.253 e. The molecule has 2 aromatic carbocycles. The molecule has 1 aromatic heterocycles. The molecule has 5 rings (SSSR count). The first-order valence-corrected chi connectivity index (χ1v) is 13.3. The Labute approximate surface area is 247 Å². The lowest BCUT2D eigenvalue weighted by Gasteiger charge is -2.49. The van der Waals surface area contributed by atoms with E-state index in [9.17, 15) is 37.2 Å². The summed E-state index contributed by atoms with van der Waals surface area (Å²) in [6, 6.07) is 10.3. The predicted molar refractivity (Wildman–Crippen MR) is 145 cm³/mol. The summed E-state index contributed by atoms with van der Waals surface area (Å²) in [5.41, 5.74) is -2.84. The number of nitrogens with one attached hydrogen (secondary N) is 3. The molecule has 1 aliphatic heterocycles. The van der Waals surface area contributed by atoms with Gasteiger partial charge in [0, 0.05) is 48.4 Å². The highest BCUT2D eigenvalue weighted by molar-refractivity contribution is 6.32. The highest BCUT2D eigenvalue weighted by Crippen LogP contribution is 2.43. The Bertz CT molecular complexity index is 1620. The summed E-state index contributed by atoms with van der Waals surface area (Å²) in [5.74, 6) is -10.0. The van der Waals surface area contributed by atoms with Crippen LogP contribution < -0.4 is 20.9 Å². The van der Waals surface area contributed by atoms with Gasteiger partial charge < -0.3 is 16.0 Å². The van der Waals surface area contributed by atoms with Crippen molar-refractivity contribution in [3.63, 3.8) is 0 Å². The van der Waals surface area contributed by atoms with Crippen LogP contribution in [0.3, 0.4) is 0 Å². The molecule has 2 fully saturated rings. The van der Waals surface area contributed by atoms with Crippen LogP contribution in [0.2, 0.25) is 5.02 Å². The zero-order valence-corrected chi connectivity index (χ0v) is 22.8. The van der Waals surface area contributed by atoms with Crippen LogP contribution in [-0.2, 0) is 14.4 Å². The van der Waals surface area contributed by atoms with Crippen LogP contribution in [-0.4, -0.2) is 58.3 Å². The maximum atomic E-state index is 14.4. The lowest BCUT2D eigenvalue weighted by molar-refractivity contribution is -0.138. The van der Waals surface area contributed by atoms with E-state index in [1.54, 1.807) is 6.07 Å². The third-order valence-corrected chi connectivity index (χ3v) is 7.53. The SMILES string of the molecule is N#Cc1ccnc(N2C(=O)CNCC2(C(=O)Nc2cc(F)cc(F)c2)[C@@H](C(=O)NC2CC(F)(F)C2)c2ccccc2Cl)n1. The van der Waals surface area contributed by atoms with Crippen molar-refractivity contribution in [3.8, 4) is 6.07 Å². The molecular weight excluding hydrogens is 594 g/mol. The Hall–Kier alpha value is -4.61. The van der Waals surface area contributed by atoms with E-state index in [1.165, 1.54) is 30.5 Å². The number of alkyl halides is 2. The average molecular weight is 616 g/mol. The van der Waals surface area contributed by atoms with Crippen molar-refractivity contribution in [2.75, 3.05) is 23.3 Å². The lowest BCUT2D eigenvalue weighted by Crippen LogP contribution is -2.74. The van der Waals surface area contributed by atoms with E-state index in [1.807, 2.05) is 6.07 Å². The Morgan fingerprint density at radius 3 is 2.49 bits per heavy atom. The van der Waals surface area contributed by atoms with Gasteiger partial charge in [0.15, 0.2) is 5.54 Å². The second kappa shape index (κ2) is 11.6. The summed E-state index contributed by atoms with van der Waals surface area (Å²) in [7, 11) is 0. The van der Waals surface area contributed by atoms with Crippen LogP contribution >= 0.6 is 11.6 Å². The molecule has 15 heteroatoms. The molecule has 43 heavy (non-hydrogen) atoms. The highest BCUT2D eigenvalue weighted by Gasteiger charge is 2.60. The molecule has 1 saturated carbocycles. The summed E-state index contributed by atoms with van der Waals surface area (Å²) in [6.07, 6.45) is -0.129. The fourth-order valence-electron chi connectivity index (χ4n) is 5.33. The van der Waals surface area contributed by atoms with Gasteiger partial charge in [0.05, 0.1) is 12.5 Å². The van der Waals surface area contributed by atoms with Crippen molar-refractivity contribution >= 4 is 41.0 Å². The van der Waals surface area contributed by atoms with Gasteiger partial charge in [-0.25, -0.2) is 27.5 Å². The molecule has 2 aliphatic rings. The third kappa shape index (κ3) is 5.86. The molecule has 0 bridgehead atoms. The first-order chi connectivity index (χ1) is 20.4. The topological polar surface area (TPSA) is 140 Å². The third-order valence-electron chi connectivity index (χ3n) is 7.18. The zero-order chi connectivity index (χ0) is 30.9. The summed E-state index contributed by atoms with van der Waals surface area (Å²) in [5, 5.41) is 17.2. The van der Waals surface area contributed by atoms with Crippen LogP contribution in [0.4, 0.5) is 29.2 Å². The number of rotatable bonds is 7. The monoisotopic (exact) mass is 615 g/mol. The number of hydrogen-bond donors (Lipinski definition) is 3. The van der Waals surface area contributed by atoms with E-state index in [0.29, 0.717) is 6.07 Å². The normalized spacial score (nSPS) is 20.5. The van der Waals surface area contributed by atoms with Crippen LogP contribution in [0, 0.1) is 23.0 Å². The largest absolute Gasteiger partial charge is 0.352 e. The van der Waals surface area contributed by atoms with Crippen LogP contribution in [0.5, 0.6) is 0 Å². The number of nitriles is 1. The van der Waals surface area contributed by atoms with Crippen molar-refractivity contribution in [3.05, 3.63) is 82.6 Å². The second-order valence-electron chi connectivity index (χ2n) is 10.1. The number of piperazine rings is 1. The number of hydrogen-bond acceptors (Lipinski definition) is 7. The van der Waals surface area contributed by atoms with E-state index in [4.69, 9.17) is 11.6 Å². The van der Waals surface area contributed by atoms with Gasteiger partial charge >= 0.3 is 0 Å². The van der Waals surface area contributed by atoms with Crippen LogP contribution in [0.15, 0.2) is 54.7 Å². The Morgan fingerprint density at radius 2 is 1.84 bits per heavy atom. The van der Waals surface area contributed by atoms with Crippen molar-refractivity contribution in [1.29, 1.82) is 5.26 Å². The van der Waals surface area contributed by atoms with Gasteiger partial charge in [0.25, 0.3) is 11.8 Å². The maximum Gasteiger partial charge on any atom is 0.253 e. The van der Waals surface area contributed by atoms with Crippen molar-refractivity contribution in [2.45, 2.75) is 36.3 Å². The number of carbonyl (C=O) groups is 3. The minimum absolute atomic E-state index is 0.00442. The predicted octanol–water partition coefficient (Wildman–Crippen LogP) is 3.29. The molecule has 3 N–H and O–H groups in total. The molecule has 0 spiro atoms. The van der Waals surface area contributed by atoms with Gasteiger partial charge in [0.2, 0.25) is 17.8 Å². The molecule has 0 radical (unpaired) electrons.